The maximum absolute atomic E-state index is 3.79. The zero-order chi connectivity index (χ0) is 16.4. The molecule has 0 amide bonds. The number of hydrogen-bond donors (Lipinski definition) is 0. The van der Waals surface area contributed by atoms with Gasteiger partial charge in [-0.15, -0.1) is 12.1 Å². The number of benzene rings is 2. The van der Waals surface area contributed by atoms with Crippen LogP contribution in [0.3, 0.4) is 0 Å². The zero-order valence-corrected chi connectivity index (χ0v) is 16.8. The van der Waals surface area contributed by atoms with E-state index >= 15 is 0 Å². The molecule has 1 atom stereocenters. The molecule has 1 aliphatic rings. The molecule has 0 fully saturated rings. The number of allylic oxidation sites excluding steroid dienone is 5. The standard InChI is InChI=1S/C23H22.Ir/c1-5-7-19-10-12-20(13-11-19)21-8-6-9-22(21)23-17(3)14-16(2)15-18(23)4;/h5-6,9-12,14-15,22H,1,7H2,2-4H3;/q-2;. The second-order valence-corrected chi connectivity index (χ2v) is 6.31. The van der Waals surface area contributed by atoms with Gasteiger partial charge < -0.3 is 0 Å². The molecule has 125 valence electrons. The summed E-state index contributed by atoms with van der Waals surface area (Å²) in [6.07, 6.45) is 10.5. The average molecular weight is 491 g/mol. The summed E-state index contributed by atoms with van der Waals surface area (Å²) in [5.41, 5.74) is 9.01. The van der Waals surface area contributed by atoms with Crippen LogP contribution in [-0.4, -0.2) is 0 Å². The van der Waals surface area contributed by atoms with E-state index in [1.165, 1.54) is 33.4 Å². The van der Waals surface area contributed by atoms with Gasteiger partial charge in [0.2, 0.25) is 0 Å². The molecule has 2 aromatic carbocycles. The van der Waals surface area contributed by atoms with Gasteiger partial charge in [0, 0.05) is 20.1 Å². The van der Waals surface area contributed by atoms with Gasteiger partial charge in [-0.05, 0) is 38.3 Å². The Morgan fingerprint density at radius 3 is 2.42 bits per heavy atom. The van der Waals surface area contributed by atoms with E-state index in [0.29, 0.717) is 0 Å². The predicted octanol–water partition coefficient (Wildman–Crippen LogP) is 5.68. The topological polar surface area (TPSA) is 0 Å². The molecule has 0 aromatic heterocycles. The summed E-state index contributed by atoms with van der Waals surface area (Å²) in [7, 11) is 0. The molecule has 3 rings (SSSR count). The molecule has 2 aromatic rings. The molecule has 0 heterocycles. The third kappa shape index (κ3) is 3.69. The van der Waals surface area contributed by atoms with Crippen molar-refractivity contribution in [2.45, 2.75) is 33.1 Å². The summed E-state index contributed by atoms with van der Waals surface area (Å²) in [4.78, 5) is 0. The first-order valence-electron chi connectivity index (χ1n) is 8.10. The van der Waals surface area contributed by atoms with Crippen LogP contribution >= 0.6 is 0 Å². The molecule has 0 saturated carbocycles. The van der Waals surface area contributed by atoms with Crippen LogP contribution in [0, 0.1) is 32.9 Å². The summed E-state index contributed by atoms with van der Waals surface area (Å²) in [6.45, 7) is 10.4. The first-order chi connectivity index (χ1) is 11.1. The third-order valence-corrected chi connectivity index (χ3v) is 4.43. The number of hydrogen-bond acceptors (Lipinski definition) is 0. The summed E-state index contributed by atoms with van der Waals surface area (Å²) in [6, 6.07) is 14.3. The minimum Gasteiger partial charge on any atom is -0.247 e. The van der Waals surface area contributed by atoms with E-state index in [1.807, 2.05) is 12.2 Å². The van der Waals surface area contributed by atoms with Gasteiger partial charge in [-0.2, -0.15) is 30.4 Å². The van der Waals surface area contributed by atoms with Gasteiger partial charge in [0.1, 0.15) is 0 Å². The van der Waals surface area contributed by atoms with E-state index in [9.17, 15) is 0 Å². The molecular weight excluding hydrogens is 468 g/mol. The minimum atomic E-state index is 0. The molecule has 0 bridgehead atoms. The zero-order valence-electron chi connectivity index (χ0n) is 14.4. The van der Waals surface area contributed by atoms with Crippen molar-refractivity contribution in [2.75, 3.05) is 0 Å². The molecule has 0 aliphatic heterocycles. The predicted molar refractivity (Wildman–Crippen MR) is 98.4 cm³/mol. The van der Waals surface area contributed by atoms with Gasteiger partial charge in [0.15, 0.2) is 0 Å². The monoisotopic (exact) mass is 491 g/mol. The van der Waals surface area contributed by atoms with Crippen molar-refractivity contribution < 1.29 is 20.1 Å². The van der Waals surface area contributed by atoms with Crippen LogP contribution in [0.2, 0.25) is 0 Å². The van der Waals surface area contributed by atoms with Crippen LogP contribution in [0.25, 0.3) is 5.57 Å². The summed E-state index contributed by atoms with van der Waals surface area (Å²) in [5.74, 6) is 0.275. The van der Waals surface area contributed by atoms with Gasteiger partial charge in [-0.25, -0.2) is 23.3 Å². The summed E-state index contributed by atoms with van der Waals surface area (Å²) < 4.78 is 0. The average Bonchev–Trinajstić information content (AvgIpc) is 2.96. The quantitative estimate of drug-likeness (QED) is 0.382. The Morgan fingerprint density at radius 2 is 1.83 bits per heavy atom. The first kappa shape index (κ1) is 18.6. The second-order valence-electron chi connectivity index (χ2n) is 6.31. The van der Waals surface area contributed by atoms with Gasteiger partial charge in [-0.1, -0.05) is 35.3 Å². The largest absolute Gasteiger partial charge is 0.247 e. The molecule has 1 aliphatic carbocycles. The molecule has 1 heteroatoms. The Hall–Kier alpha value is -1.69. The van der Waals surface area contributed by atoms with Gasteiger partial charge in [0.05, 0.1) is 0 Å². The van der Waals surface area contributed by atoms with E-state index in [-0.39, 0.29) is 26.0 Å². The van der Waals surface area contributed by atoms with Gasteiger partial charge in [0.25, 0.3) is 0 Å². The maximum Gasteiger partial charge on any atom is 0 e. The fourth-order valence-corrected chi connectivity index (χ4v) is 3.51. The van der Waals surface area contributed by atoms with Crippen molar-refractivity contribution in [3.05, 3.63) is 101 Å². The van der Waals surface area contributed by atoms with Crippen LogP contribution in [0.4, 0.5) is 0 Å². The maximum atomic E-state index is 3.79. The van der Waals surface area contributed by atoms with Crippen molar-refractivity contribution in [1.29, 1.82) is 0 Å². The molecular formula is C23H22Ir-2. The minimum absolute atomic E-state index is 0. The van der Waals surface area contributed by atoms with E-state index in [1.54, 1.807) is 0 Å². The molecule has 0 saturated heterocycles. The van der Waals surface area contributed by atoms with Crippen molar-refractivity contribution in [2.24, 2.45) is 0 Å². The fraction of sp³-hybridized carbons (Fsp3) is 0.217. The Bertz CT molecular complexity index is 768. The Kier molecular flexibility index (Phi) is 6.15. The van der Waals surface area contributed by atoms with Crippen LogP contribution in [-0.2, 0) is 26.5 Å². The SMILES string of the molecule is C=CCc1c[c-]c(C2=[C-]C=CC2c2c(C)cc(C)cc2C)cc1.[Ir]. The summed E-state index contributed by atoms with van der Waals surface area (Å²) >= 11 is 0. The molecule has 0 nitrogen and oxygen atoms in total. The van der Waals surface area contributed by atoms with E-state index in [2.05, 4.69) is 75.9 Å². The smallest absolute Gasteiger partial charge is 0 e. The third-order valence-electron chi connectivity index (χ3n) is 4.43. The van der Waals surface area contributed by atoms with Crippen LogP contribution < -0.4 is 0 Å². The van der Waals surface area contributed by atoms with E-state index in [4.69, 9.17) is 0 Å². The molecule has 1 unspecified atom stereocenters. The molecule has 1 radical (unpaired) electrons. The van der Waals surface area contributed by atoms with Crippen molar-refractivity contribution >= 4 is 5.57 Å². The van der Waals surface area contributed by atoms with Crippen LogP contribution in [0.15, 0.2) is 55.1 Å². The normalized spacial score (nSPS) is 15.8. The fourth-order valence-electron chi connectivity index (χ4n) is 3.51. The molecule has 0 spiro atoms. The number of aryl methyl sites for hydroxylation is 3. The molecule has 24 heavy (non-hydrogen) atoms. The number of rotatable bonds is 4. The van der Waals surface area contributed by atoms with Crippen LogP contribution in [0.5, 0.6) is 0 Å². The van der Waals surface area contributed by atoms with Gasteiger partial charge in [-0.3, -0.25) is 0 Å². The summed E-state index contributed by atoms with van der Waals surface area (Å²) in [5, 5.41) is 0. The first-order valence-corrected chi connectivity index (χ1v) is 8.10. The van der Waals surface area contributed by atoms with Crippen LogP contribution in [0.1, 0.15) is 39.3 Å². The Labute approximate surface area is 159 Å². The molecule has 0 N–H and O–H groups in total. The Morgan fingerprint density at radius 1 is 1.12 bits per heavy atom. The van der Waals surface area contributed by atoms with E-state index in [0.717, 1.165) is 12.0 Å². The van der Waals surface area contributed by atoms with Crippen molar-refractivity contribution in [3.8, 4) is 0 Å². The van der Waals surface area contributed by atoms with E-state index < -0.39 is 0 Å². The van der Waals surface area contributed by atoms with Gasteiger partial charge >= 0.3 is 0 Å². The Balaban J connectivity index is 0.00000208. The van der Waals surface area contributed by atoms with Crippen molar-refractivity contribution in [1.82, 2.24) is 0 Å². The van der Waals surface area contributed by atoms with Crippen molar-refractivity contribution in [3.63, 3.8) is 0 Å². The second kappa shape index (κ2) is 7.92.